The highest BCUT2D eigenvalue weighted by molar-refractivity contribution is 7.57. The minimum absolute atomic E-state index is 0.0399. The summed E-state index contributed by atoms with van der Waals surface area (Å²) >= 11 is 0. The summed E-state index contributed by atoms with van der Waals surface area (Å²) in [5.41, 5.74) is -0.555. The van der Waals surface area contributed by atoms with Crippen LogP contribution in [-0.4, -0.2) is 54.2 Å². The molecule has 0 saturated heterocycles. The van der Waals surface area contributed by atoms with Crippen LogP contribution >= 0.6 is 14.7 Å². The van der Waals surface area contributed by atoms with Gasteiger partial charge < -0.3 is 20.0 Å². The van der Waals surface area contributed by atoms with E-state index in [1.165, 1.54) is 38.6 Å². The zero-order valence-corrected chi connectivity index (χ0v) is 26.2. The Labute approximate surface area is 256 Å². The van der Waals surface area contributed by atoms with E-state index in [4.69, 9.17) is 0 Å². The van der Waals surface area contributed by atoms with Crippen molar-refractivity contribution in [2.75, 3.05) is 12.3 Å². The third-order valence-electron chi connectivity index (χ3n) is 7.23. The first-order valence-corrected chi connectivity index (χ1v) is 17.7. The highest BCUT2D eigenvalue weighted by Gasteiger charge is 2.42. The number of carbonyl (C=O) groups is 2. The first-order chi connectivity index (χ1) is 20.7. The normalized spacial score (nSPS) is 16.5. The molecule has 4 rings (SSSR count). The Morgan fingerprint density at radius 1 is 0.614 bits per heavy atom. The Kier molecular flexibility index (Phi) is 11.5. The molecule has 4 aromatic rings. The van der Waals surface area contributed by atoms with E-state index in [1.807, 2.05) is 12.1 Å². The molecule has 44 heavy (non-hydrogen) atoms. The first-order valence-electron chi connectivity index (χ1n) is 13.6. The summed E-state index contributed by atoms with van der Waals surface area (Å²) in [7, 11) is -7.32. The lowest BCUT2D eigenvalue weighted by Crippen LogP contribution is -2.36. The second-order valence-electron chi connectivity index (χ2n) is 11.0. The number of pyridine rings is 2. The molecule has 0 amide bonds. The van der Waals surface area contributed by atoms with Gasteiger partial charge in [-0.15, -0.1) is 0 Å². The molecule has 4 unspecified atom stereocenters. The van der Waals surface area contributed by atoms with Crippen molar-refractivity contribution in [2.24, 2.45) is 0 Å². The van der Waals surface area contributed by atoms with Gasteiger partial charge in [-0.2, -0.15) is 0 Å². The summed E-state index contributed by atoms with van der Waals surface area (Å²) in [6, 6.07) is 24.2. The maximum atomic E-state index is 12.6. The van der Waals surface area contributed by atoms with Crippen LogP contribution < -0.4 is 0 Å². The average molecular weight is 639 g/mol. The quantitative estimate of drug-likeness (QED) is 0.139. The van der Waals surface area contributed by atoms with Crippen molar-refractivity contribution in [3.8, 4) is 0 Å². The zero-order valence-electron chi connectivity index (χ0n) is 24.4. The molecular formula is C32H36N2O8P2. The van der Waals surface area contributed by atoms with E-state index >= 15 is 0 Å². The van der Waals surface area contributed by atoms with Gasteiger partial charge >= 0.3 is 11.9 Å². The summed E-state index contributed by atoms with van der Waals surface area (Å²) in [5, 5.41) is 19.1. The fourth-order valence-electron chi connectivity index (χ4n) is 4.81. The summed E-state index contributed by atoms with van der Waals surface area (Å²) in [4.78, 5) is 51.7. The second kappa shape index (κ2) is 14.7. The van der Waals surface area contributed by atoms with Gasteiger partial charge in [-0.3, -0.25) is 28.7 Å². The molecule has 0 spiro atoms. The standard InChI is InChI=1S/2C16H18NO4P/c1-16(15(18)19,14-8-5-9-17-10-14)12-22(20,21)11-13-6-3-2-4-7-13;1-16(15(18)19,14-7-9-17-10-8-14)12-22(20,21)11-13-5-3-2-4-6-13/h2*2-10H,11-12H2,1H3,(H,18,19)(H,20,21). The second-order valence-corrected chi connectivity index (χ2v) is 15.7. The number of nitrogens with zero attached hydrogens (tertiary/aromatic N) is 2. The Morgan fingerprint density at radius 2 is 1.05 bits per heavy atom. The smallest absolute Gasteiger partial charge is 0.314 e. The average Bonchev–Trinajstić information content (AvgIpc) is 2.98. The van der Waals surface area contributed by atoms with Crippen molar-refractivity contribution in [3.05, 3.63) is 132 Å². The van der Waals surface area contributed by atoms with E-state index in [2.05, 4.69) is 9.97 Å². The molecule has 2 heterocycles. The maximum absolute atomic E-state index is 12.6. The Bertz CT molecular complexity index is 1500. The number of rotatable bonds is 12. The molecule has 2 aromatic heterocycles. The fourth-order valence-corrected chi connectivity index (χ4v) is 9.21. The van der Waals surface area contributed by atoms with Gasteiger partial charge in [-0.05, 0) is 54.3 Å². The number of benzene rings is 2. The van der Waals surface area contributed by atoms with Crippen LogP contribution in [0.2, 0.25) is 0 Å². The van der Waals surface area contributed by atoms with Gasteiger partial charge in [-0.25, -0.2) is 0 Å². The largest absolute Gasteiger partial charge is 0.481 e. The maximum Gasteiger partial charge on any atom is 0.314 e. The molecule has 2 aromatic carbocycles. The molecule has 232 valence electrons. The van der Waals surface area contributed by atoms with Crippen molar-refractivity contribution < 1.29 is 38.7 Å². The molecule has 0 aliphatic heterocycles. The van der Waals surface area contributed by atoms with Crippen LogP contribution in [0.5, 0.6) is 0 Å². The monoisotopic (exact) mass is 638 g/mol. The topological polar surface area (TPSA) is 175 Å². The van der Waals surface area contributed by atoms with Crippen LogP contribution in [0.3, 0.4) is 0 Å². The molecule has 0 saturated carbocycles. The number of hydrogen-bond acceptors (Lipinski definition) is 6. The molecule has 0 fully saturated rings. The highest BCUT2D eigenvalue weighted by Crippen LogP contribution is 2.51. The lowest BCUT2D eigenvalue weighted by Gasteiger charge is -2.27. The summed E-state index contributed by atoms with van der Waals surface area (Å²) < 4.78 is 25.1. The fraction of sp³-hybridized carbons (Fsp3) is 0.250. The zero-order chi connectivity index (χ0) is 32.4. The first kappa shape index (κ1) is 34.5. The number of aromatic nitrogens is 2. The third kappa shape index (κ3) is 9.53. The van der Waals surface area contributed by atoms with Crippen LogP contribution in [0.15, 0.2) is 110 Å². The molecule has 10 nitrogen and oxygen atoms in total. The minimum Gasteiger partial charge on any atom is -0.481 e. The van der Waals surface area contributed by atoms with Gasteiger partial charge in [0.2, 0.25) is 14.7 Å². The van der Waals surface area contributed by atoms with Crippen LogP contribution in [0.4, 0.5) is 0 Å². The van der Waals surface area contributed by atoms with Crippen molar-refractivity contribution in [1.82, 2.24) is 9.97 Å². The lowest BCUT2D eigenvalue weighted by atomic mass is 9.85. The number of carboxylic acid groups (broad SMARTS) is 2. The molecule has 0 aliphatic carbocycles. The molecule has 12 heteroatoms. The predicted octanol–water partition coefficient (Wildman–Crippen LogP) is 5.79. The number of carboxylic acids is 2. The summed E-state index contributed by atoms with van der Waals surface area (Å²) in [6.07, 6.45) is 5.18. The minimum atomic E-state index is -3.66. The molecule has 0 bridgehead atoms. The van der Waals surface area contributed by atoms with Crippen LogP contribution in [0.25, 0.3) is 0 Å². The summed E-state index contributed by atoms with van der Waals surface area (Å²) in [5.74, 6) is -2.26. The van der Waals surface area contributed by atoms with E-state index in [0.29, 0.717) is 16.7 Å². The van der Waals surface area contributed by atoms with Gasteiger partial charge in [0.1, 0.15) is 5.41 Å². The van der Waals surface area contributed by atoms with Crippen molar-refractivity contribution in [2.45, 2.75) is 37.0 Å². The number of hydrogen-bond donors (Lipinski definition) is 4. The van der Waals surface area contributed by atoms with Crippen LogP contribution in [-0.2, 0) is 41.9 Å². The van der Waals surface area contributed by atoms with E-state index in [-0.39, 0.29) is 24.6 Å². The predicted molar refractivity (Wildman–Crippen MR) is 168 cm³/mol. The lowest BCUT2D eigenvalue weighted by molar-refractivity contribution is -0.143. The molecule has 4 N–H and O–H groups in total. The third-order valence-corrected chi connectivity index (χ3v) is 11.2. The van der Waals surface area contributed by atoms with Gasteiger partial charge in [0.25, 0.3) is 0 Å². The Morgan fingerprint density at radius 3 is 1.43 bits per heavy atom. The Balaban J connectivity index is 0.000000240. The van der Waals surface area contributed by atoms with E-state index in [1.54, 1.807) is 72.8 Å². The van der Waals surface area contributed by atoms with Crippen molar-refractivity contribution in [3.63, 3.8) is 0 Å². The molecule has 4 atom stereocenters. The van der Waals surface area contributed by atoms with E-state index < -0.39 is 37.5 Å². The van der Waals surface area contributed by atoms with E-state index in [0.717, 1.165) is 5.56 Å². The van der Waals surface area contributed by atoms with Gasteiger partial charge in [-0.1, -0.05) is 66.7 Å². The van der Waals surface area contributed by atoms with Crippen LogP contribution in [0, 0.1) is 0 Å². The number of aliphatic carboxylic acids is 2. The Hall–Kier alpha value is -3.94. The van der Waals surface area contributed by atoms with E-state index in [9.17, 15) is 38.7 Å². The molecular weight excluding hydrogens is 602 g/mol. The molecule has 0 radical (unpaired) electrons. The van der Waals surface area contributed by atoms with Crippen molar-refractivity contribution in [1.29, 1.82) is 0 Å². The SMILES string of the molecule is CC(CP(=O)(O)Cc1ccccc1)(C(=O)O)c1cccnc1.CC(CP(=O)(O)Cc1ccccc1)(C(=O)O)c1ccncc1. The highest BCUT2D eigenvalue weighted by atomic mass is 31.2. The summed E-state index contributed by atoms with van der Waals surface area (Å²) in [6.45, 7) is 2.93. The van der Waals surface area contributed by atoms with Gasteiger partial charge in [0.05, 0.1) is 5.41 Å². The van der Waals surface area contributed by atoms with Gasteiger partial charge in [0, 0.05) is 49.4 Å². The van der Waals surface area contributed by atoms with Crippen molar-refractivity contribution >= 4 is 26.7 Å². The van der Waals surface area contributed by atoms with Gasteiger partial charge in [0.15, 0.2) is 0 Å². The van der Waals surface area contributed by atoms with Crippen LogP contribution in [0.1, 0.15) is 36.1 Å². The molecule has 0 aliphatic rings.